The van der Waals surface area contributed by atoms with Crippen molar-refractivity contribution in [1.82, 2.24) is 0 Å². The predicted octanol–water partition coefficient (Wildman–Crippen LogP) is 4.46. The molecule has 0 fully saturated rings. The molecule has 0 saturated heterocycles. The van der Waals surface area contributed by atoms with Crippen LogP contribution in [0, 0.1) is 0 Å². The molecule has 1 atom stereocenters. The number of benzene rings is 3. The van der Waals surface area contributed by atoms with E-state index in [1.165, 1.54) is 10.8 Å². The van der Waals surface area contributed by atoms with Crippen LogP contribution in [0.25, 0.3) is 10.8 Å². The zero-order chi connectivity index (χ0) is 14.8. The number of aliphatic hydroxyl groups excluding tert-OH is 1. The fourth-order valence-corrected chi connectivity index (χ4v) is 3.00. The van der Waals surface area contributed by atoms with Crippen LogP contribution in [0.5, 0.6) is 0 Å². The number of hydrogen-bond acceptors (Lipinski definition) is 2. The minimum Gasteiger partial charge on any atom is -0.398 e. The molecule has 3 rings (SSSR count). The van der Waals surface area contributed by atoms with Crippen LogP contribution in [0.4, 0.5) is 5.69 Å². The molecule has 3 heteroatoms. The van der Waals surface area contributed by atoms with Crippen LogP contribution in [0.15, 0.2) is 65.1 Å². The standard InChI is InChI=1S/C18H16BrNO/c19-14-8-9-17(20)16(11-14)18(21)10-13-6-3-5-12-4-1-2-7-15(12)13/h1-9,11,18,21H,10,20H2. The highest BCUT2D eigenvalue weighted by Crippen LogP contribution is 2.29. The van der Waals surface area contributed by atoms with Gasteiger partial charge in [0.05, 0.1) is 6.10 Å². The fraction of sp³-hybridized carbons (Fsp3) is 0.111. The zero-order valence-electron chi connectivity index (χ0n) is 11.5. The second-order valence-corrected chi connectivity index (χ2v) is 6.05. The van der Waals surface area contributed by atoms with E-state index in [-0.39, 0.29) is 0 Å². The van der Waals surface area contributed by atoms with E-state index in [9.17, 15) is 5.11 Å². The molecule has 21 heavy (non-hydrogen) atoms. The Kier molecular flexibility index (Phi) is 3.95. The van der Waals surface area contributed by atoms with Crippen LogP contribution < -0.4 is 5.73 Å². The topological polar surface area (TPSA) is 46.2 Å². The number of anilines is 1. The van der Waals surface area contributed by atoms with E-state index < -0.39 is 6.10 Å². The van der Waals surface area contributed by atoms with E-state index in [4.69, 9.17) is 5.73 Å². The molecule has 0 amide bonds. The van der Waals surface area contributed by atoms with Crippen molar-refractivity contribution in [3.8, 4) is 0 Å². The third-order valence-corrected chi connectivity index (χ3v) is 4.19. The Morgan fingerprint density at radius 1 is 1.00 bits per heavy atom. The molecule has 3 aromatic rings. The maximum Gasteiger partial charge on any atom is 0.0850 e. The van der Waals surface area contributed by atoms with Crippen LogP contribution in [0.3, 0.4) is 0 Å². The van der Waals surface area contributed by atoms with E-state index >= 15 is 0 Å². The van der Waals surface area contributed by atoms with Crippen LogP contribution in [-0.2, 0) is 6.42 Å². The summed E-state index contributed by atoms with van der Waals surface area (Å²) in [5.41, 5.74) is 8.48. The van der Waals surface area contributed by atoms with Crippen LogP contribution >= 0.6 is 15.9 Å². The van der Waals surface area contributed by atoms with E-state index in [1.54, 1.807) is 0 Å². The van der Waals surface area contributed by atoms with Crippen molar-refractivity contribution in [2.45, 2.75) is 12.5 Å². The van der Waals surface area contributed by atoms with Gasteiger partial charge in [0, 0.05) is 22.1 Å². The molecule has 106 valence electrons. The highest BCUT2D eigenvalue weighted by Gasteiger charge is 2.13. The lowest BCUT2D eigenvalue weighted by Gasteiger charge is -2.15. The van der Waals surface area contributed by atoms with Crippen molar-refractivity contribution >= 4 is 32.4 Å². The normalized spacial score (nSPS) is 12.5. The molecule has 0 spiro atoms. The summed E-state index contributed by atoms with van der Waals surface area (Å²) < 4.78 is 0.920. The van der Waals surface area contributed by atoms with Crippen LogP contribution in [0.1, 0.15) is 17.2 Å². The van der Waals surface area contributed by atoms with Gasteiger partial charge in [0.1, 0.15) is 0 Å². The highest BCUT2D eigenvalue weighted by atomic mass is 79.9. The van der Waals surface area contributed by atoms with Gasteiger partial charge >= 0.3 is 0 Å². The maximum absolute atomic E-state index is 10.5. The summed E-state index contributed by atoms with van der Waals surface area (Å²) in [6, 6.07) is 19.9. The van der Waals surface area contributed by atoms with Crippen LogP contribution in [-0.4, -0.2) is 5.11 Å². The molecular weight excluding hydrogens is 326 g/mol. The molecule has 0 saturated carbocycles. The van der Waals surface area contributed by atoms with Crippen molar-refractivity contribution in [2.24, 2.45) is 0 Å². The van der Waals surface area contributed by atoms with Gasteiger partial charge in [-0.3, -0.25) is 0 Å². The summed E-state index contributed by atoms with van der Waals surface area (Å²) in [4.78, 5) is 0. The highest BCUT2D eigenvalue weighted by molar-refractivity contribution is 9.10. The number of halogens is 1. The number of nitrogens with two attached hydrogens (primary N) is 1. The molecule has 0 radical (unpaired) electrons. The van der Waals surface area contributed by atoms with E-state index in [2.05, 4.69) is 40.2 Å². The Hall–Kier alpha value is -1.84. The van der Waals surface area contributed by atoms with E-state index in [0.717, 1.165) is 15.6 Å². The summed E-state index contributed by atoms with van der Waals surface area (Å²) in [5.74, 6) is 0. The van der Waals surface area contributed by atoms with E-state index in [1.807, 2.05) is 36.4 Å². The SMILES string of the molecule is Nc1ccc(Br)cc1C(O)Cc1cccc2ccccc12. The molecule has 0 heterocycles. The van der Waals surface area contributed by atoms with Crippen molar-refractivity contribution < 1.29 is 5.11 Å². The molecule has 3 aromatic carbocycles. The van der Waals surface area contributed by atoms with Gasteiger partial charge in [0.25, 0.3) is 0 Å². The molecule has 0 bridgehead atoms. The lowest BCUT2D eigenvalue weighted by atomic mass is 9.96. The van der Waals surface area contributed by atoms with Crippen molar-refractivity contribution in [3.05, 3.63) is 76.3 Å². The third kappa shape index (κ3) is 2.94. The first-order valence-corrected chi connectivity index (χ1v) is 7.64. The van der Waals surface area contributed by atoms with Crippen molar-refractivity contribution in [1.29, 1.82) is 0 Å². The Labute approximate surface area is 132 Å². The average molecular weight is 342 g/mol. The molecule has 3 N–H and O–H groups in total. The third-order valence-electron chi connectivity index (χ3n) is 3.70. The smallest absolute Gasteiger partial charge is 0.0850 e. The van der Waals surface area contributed by atoms with Gasteiger partial charge in [0.15, 0.2) is 0 Å². The average Bonchev–Trinajstić information content (AvgIpc) is 2.50. The zero-order valence-corrected chi connectivity index (χ0v) is 13.0. The molecular formula is C18H16BrNO. The minimum atomic E-state index is -0.617. The maximum atomic E-state index is 10.5. The summed E-state index contributed by atoms with van der Waals surface area (Å²) in [6.07, 6.45) is -0.0737. The van der Waals surface area contributed by atoms with Crippen LogP contribution in [0.2, 0.25) is 0 Å². The monoisotopic (exact) mass is 341 g/mol. The Balaban J connectivity index is 1.96. The molecule has 1 unspecified atom stereocenters. The quantitative estimate of drug-likeness (QED) is 0.691. The van der Waals surface area contributed by atoms with Gasteiger partial charge in [0.2, 0.25) is 0 Å². The Morgan fingerprint density at radius 3 is 2.62 bits per heavy atom. The lowest BCUT2D eigenvalue weighted by Crippen LogP contribution is -2.05. The predicted molar refractivity (Wildman–Crippen MR) is 91.2 cm³/mol. The lowest BCUT2D eigenvalue weighted by molar-refractivity contribution is 0.179. The summed E-state index contributed by atoms with van der Waals surface area (Å²) in [7, 11) is 0. The number of rotatable bonds is 3. The first kappa shape index (κ1) is 14.1. The van der Waals surface area contributed by atoms with Gasteiger partial charge in [-0.1, -0.05) is 58.4 Å². The number of fused-ring (bicyclic) bond motifs is 1. The van der Waals surface area contributed by atoms with Gasteiger partial charge in [-0.05, 0) is 34.5 Å². The largest absolute Gasteiger partial charge is 0.398 e. The van der Waals surface area contributed by atoms with Gasteiger partial charge in [-0.15, -0.1) is 0 Å². The van der Waals surface area contributed by atoms with Gasteiger partial charge in [-0.2, -0.15) is 0 Å². The molecule has 0 aliphatic carbocycles. The van der Waals surface area contributed by atoms with Crippen molar-refractivity contribution in [3.63, 3.8) is 0 Å². The summed E-state index contributed by atoms with van der Waals surface area (Å²) >= 11 is 3.42. The summed E-state index contributed by atoms with van der Waals surface area (Å²) in [6.45, 7) is 0. The number of nitrogen functional groups attached to an aromatic ring is 1. The first-order valence-electron chi connectivity index (χ1n) is 6.85. The molecule has 0 aromatic heterocycles. The molecule has 0 aliphatic heterocycles. The number of hydrogen-bond donors (Lipinski definition) is 2. The summed E-state index contributed by atoms with van der Waals surface area (Å²) in [5, 5.41) is 12.9. The van der Waals surface area contributed by atoms with E-state index in [0.29, 0.717) is 12.1 Å². The molecule has 2 nitrogen and oxygen atoms in total. The second kappa shape index (κ2) is 5.88. The molecule has 0 aliphatic rings. The van der Waals surface area contributed by atoms with Crippen molar-refractivity contribution in [2.75, 3.05) is 5.73 Å². The van der Waals surface area contributed by atoms with Gasteiger partial charge < -0.3 is 10.8 Å². The Bertz CT molecular complexity index is 780. The minimum absolute atomic E-state index is 0.544. The Morgan fingerprint density at radius 2 is 1.76 bits per heavy atom. The fourth-order valence-electron chi connectivity index (χ4n) is 2.62. The second-order valence-electron chi connectivity index (χ2n) is 5.13. The number of aliphatic hydroxyl groups is 1. The first-order chi connectivity index (χ1) is 10.1. The van der Waals surface area contributed by atoms with Gasteiger partial charge in [-0.25, -0.2) is 0 Å².